The van der Waals surface area contributed by atoms with Crippen LogP contribution in [0.3, 0.4) is 0 Å². The Bertz CT molecular complexity index is 1450. The van der Waals surface area contributed by atoms with Gasteiger partial charge in [-0.2, -0.15) is 0 Å². The molecule has 0 spiro atoms. The monoisotopic (exact) mass is 1170 g/mol. The summed E-state index contributed by atoms with van der Waals surface area (Å²) in [5, 5.41) is 11.8. The van der Waals surface area contributed by atoms with E-state index in [9.17, 15) is 19.5 Å². The van der Waals surface area contributed by atoms with Gasteiger partial charge in [-0.05, 0) is 51.4 Å². The van der Waals surface area contributed by atoms with Crippen LogP contribution in [0.2, 0.25) is 0 Å². The summed E-state index contributed by atoms with van der Waals surface area (Å²) in [6, 6.07) is 0. The number of likely N-dealkylation sites (N-methyl/N-ethyl adjacent to an activating group) is 1. The highest BCUT2D eigenvalue weighted by molar-refractivity contribution is 5.70. The normalized spacial score (nSPS) is 12.8. The molecule has 0 aromatic heterocycles. The molecule has 0 saturated carbocycles. The lowest BCUT2D eigenvalue weighted by atomic mass is 10.0. The lowest BCUT2D eigenvalue weighted by Crippen LogP contribution is -2.44. The number of rotatable bonds is 68. The van der Waals surface area contributed by atoms with Gasteiger partial charge in [0.15, 0.2) is 12.4 Å². The molecular formula is C74H139NO8. The largest absolute Gasteiger partial charge is 0.545 e. The number of aliphatic carboxylic acids is 1. The topological polar surface area (TPSA) is 111 Å². The van der Waals surface area contributed by atoms with Crippen LogP contribution in [0.15, 0.2) is 36.5 Å². The number of allylic oxidation sites excluding steroid dienone is 6. The Labute approximate surface area is 515 Å². The zero-order valence-corrected chi connectivity index (χ0v) is 55.8. The maximum atomic E-state index is 12.9. The minimum Gasteiger partial charge on any atom is -0.545 e. The maximum absolute atomic E-state index is 12.9. The van der Waals surface area contributed by atoms with Crippen LogP contribution in [-0.4, -0.2) is 82.3 Å². The number of carbonyl (C=O) groups is 3. The number of hydrogen-bond acceptors (Lipinski definition) is 8. The van der Waals surface area contributed by atoms with E-state index < -0.39 is 24.3 Å². The Balaban J connectivity index is 3.94. The molecule has 83 heavy (non-hydrogen) atoms. The molecule has 9 nitrogen and oxygen atoms in total. The van der Waals surface area contributed by atoms with Gasteiger partial charge >= 0.3 is 11.9 Å². The average molecular weight is 1170 g/mol. The molecule has 0 heterocycles. The number of esters is 2. The van der Waals surface area contributed by atoms with Gasteiger partial charge in [0.2, 0.25) is 0 Å². The predicted octanol–water partition coefficient (Wildman–Crippen LogP) is 21.0. The van der Waals surface area contributed by atoms with Gasteiger partial charge in [-0.3, -0.25) is 9.59 Å². The van der Waals surface area contributed by atoms with Crippen LogP contribution in [0.25, 0.3) is 0 Å². The van der Waals surface area contributed by atoms with Crippen LogP contribution in [0.4, 0.5) is 0 Å². The zero-order valence-electron chi connectivity index (χ0n) is 55.8. The van der Waals surface area contributed by atoms with Crippen molar-refractivity contribution >= 4 is 17.9 Å². The predicted molar refractivity (Wildman–Crippen MR) is 353 cm³/mol. The van der Waals surface area contributed by atoms with Crippen LogP contribution in [0.1, 0.15) is 361 Å². The van der Waals surface area contributed by atoms with Gasteiger partial charge < -0.3 is 33.3 Å². The Kier molecular flexibility index (Phi) is 63.5. The summed E-state index contributed by atoms with van der Waals surface area (Å²) in [6.45, 7) is 4.76. The number of carbonyl (C=O) groups excluding carboxylic acids is 3. The molecule has 0 aromatic rings. The van der Waals surface area contributed by atoms with E-state index >= 15 is 0 Å². The molecule has 0 aliphatic rings. The summed E-state index contributed by atoms with van der Waals surface area (Å²) in [7, 11) is 5.93. The molecule has 9 heteroatoms. The van der Waals surface area contributed by atoms with Gasteiger partial charge in [0.1, 0.15) is 13.2 Å². The van der Waals surface area contributed by atoms with Crippen molar-refractivity contribution in [1.29, 1.82) is 0 Å². The molecule has 0 N–H and O–H groups in total. The van der Waals surface area contributed by atoms with Gasteiger partial charge in [0, 0.05) is 12.8 Å². The van der Waals surface area contributed by atoms with Crippen molar-refractivity contribution in [3.05, 3.63) is 36.5 Å². The number of unbranched alkanes of at least 4 members (excludes halogenated alkanes) is 47. The van der Waals surface area contributed by atoms with E-state index in [2.05, 4.69) is 50.3 Å². The molecule has 0 aliphatic heterocycles. The highest BCUT2D eigenvalue weighted by Gasteiger charge is 2.22. The summed E-state index contributed by atoms with van der Waals surface area (Å²) in [4.78, 5) is 37.4. The molecule has 0 saturated heterocycles. The van der Waals surface area contributed by atoms with E-state index in [4.69, 9.17) is 18.9 Å². The number of hydrogen-bond donors (Lipinski definition) is 0. The minimum atomic E-state index is -1.62. The fourth-order valence-corrected chi connectivity index (χ4v) is 10.8. The van der Waals surface area contributed by atoms with Crippen molar-refractivity contribution in [2.45, 2.75) is 373 Å². The first kappa shape index (κ1) is 80.5. The smallest absolute Gasteiger partial charge is 0.306 e. The molecule has 0 bridgehead atoms. The van der Waals surface area contributed by atoms with E-state index in [1.165, 1.54) is 257 Å². The van der Waals surface area contributed by atoms with E-state index in [0.717, 1.165) is 70.6 Å². The molecule has 2 unspecified atom stereocenters. The van der Waals surface area contributed by atoms with Crippen molar-refractivity contribution in [3.8, 4) is 0 Å². The Hall–Kier alpha value is -2.49. The van der Waals surface area contributed by atoms with Crippen molar-refractivity contribution in [3.63, 3.8) is 0 Å². The summed E-state index contributed by atoms with van der Waals surface area (Å²) >= 11 is 0. The SMILES string of the molecule is CCCCC/C=C\C/C=C\C/C=C\CCCCCCCCC(=O)OC(COC(=O)CCCCCCCCCCCCCCCCCCCCCCCCCCCCCCCCCCCCCCCCC)COC(OCC[N+](C)(C)C)C(=O)[O-]. The first-order valence-electron chi connectivity index (χ1n) is 36.1. The number of carboxylic acids is 1. The van der Waals surface area contributed by atoms with Gasteiger partial charge in [-0.25, -0.2) is 0 Å². The second kappa shape index (κ2) is 65.5. The molecular weight excluding hydrogens is 1030 g/mol. The van der Waals surface area contributed by atoms with Crippen LogP contribution in [0.5, 0.6) is 0 Å². The fraction of sp³-hybridized carbons (Fsp3) is 0.878. The second-order valence-electron chi connectivity index (χ2n) is 25.9. The van der Waals surface area contributed by atoms with E-state index in [1.807, 2.05) is 21.1 Å². The van der Waals surface area contributed by atoms with Crippen LogP contribution in [0, 0.1) is 0 Å². The highest BCUT2D eigenvalue weighted by atomic mass is 16.7. The van der Waals surface area contributed by atoms with Crippen LogP contribution in [-0.2, 0) is 33.3 Å². The van der Waals surface area contributed by atoms with E-state index in [-0.39, 0.29) is 32.2 Å². The van der Waals surface area contributed by atoms with Gasteiger partial charge in [-0.1, -0.05) is 333 Å². The third-order valence-corrected chi connectivity index (χ3v) is 16.4. The number of nitrogens with zero attached hydrogens (tertiary/aromatic N) is 1. The number of carboxylic acid groups (broad SMARTS) is 1. The molecule has 0 amide bonds. The van der Waals surface area contributed by atoms with Gasteiger partial charge in [-0.15, -0.1) is 0 Å². The Morgan fingerprint density at radius 2 is 0.651 bits per heavy atom. The van der Waals surface area contributed by atoms with Gasteiger partial charge in [0.25, 0.3) is 0 Å². The lowest BCUT2D eigenvalue weighted by Gasteiger charge is -2.26. The highest BCUT2D eigenvalue weighted by Crippen LogP contribution is 2.19. The standard InChI is InChI=1S/C74H139NO8/c1-6-8-10-12-14-16-18-20-22-24-26-27-28-29-30-31-32-33-34-35-36-37-38-39-40-41-42-43-44-45-47-48-50-52-54-56-58-60-62-64-71(76)81-68-70(69-82-74(73(78)79)80-67-66-75(3,4)5)83-72(77)65-63-61-59-57-55-53-51-49-46-25-23-21-19-17-15-13-11-9-7-2/h15,17,21,23,46,49,70,74H,6-14,16,18-20,22,24-45,47-48,50-69H2,1-5H3/b17-15-,23-21-,49-46-. The molecule has 0 aromatic carbocycles. The van der Waals surface area contributed by atoms with Crippen molar-refractivity contribution in [2.75, 3.05) is 47.5 Å². The Morgan fingerprint density at radius 3 is 0.988 bits per heavy atom. The fourth-order valence-electron chi connectivity index (χ4n) is 10.8. The third kappa shape index (κ3) is 66.9. The van der Waals surface area contributed by atoms with Gasteiger partial charge in [0.05, 0.1) is 40.3 Å². The van der Waals surface area contributed by atoms with Crippen molar-refractivity contribution in [2.24, 2.45) is 0 Å². The zero-order chi connectivity index (χ0) is 60.5. The van der Waals surface area contributed by atoms with E-state index in [0.29, 0.717) is 23.9 Å². The number of quaternary nitrogens is 1. The second-order valence-corrected chi connectivity index (χ2v) is 25.9. The lowest BCUT2D eigenvalue weighted by molar-refractivity contribution is -0.870. The minimum absolute atomic E-state index is 0.146. The molecule has 488 valence electrons. The summed E-state index contributed by atoms with van der Waals surface area (Å²) in [5.74, 6) is -2.28. The van der Waals surface area contributed by atoms with E-state index in [1.54, 1.807) is 0 Å². The van der Waals surface area contributed by atoms with Crippen molar-refractivity contribution in [1.82, 2.24) is 0 Å². The molecule has 0 radical (unpaired) electrons. The Morgan fingerprint density at radius 1 is 0.361 bits per heavy atom. The molecule has 0 fully saturated rings. The maximum Gasteiger partial charge on any atom is 0.306 e. The first-order chi connectivity index (χ1) is 40.6. The number of ether oxygens (including phenoxy) is 4. The molecule has 0 rings (SSSR count). The van der Waals surface area contributed by atoms with Crippen LogP contribution < -0.4 is 5.11 Å². The summed E-state index contributed by atoms with van der Waals surface area (Å²) in [5.41, 5.74) is 0. The summed E-state index contributed by atoms with van der Waals surface area (Å²) in [6.07, 6.45) is 79.8. The average Bonchev–Trinajstić information content (AvgIpc) is 3.46. The summed E-state index contributed by atoms with van der Waals surface area (Å²) < 4.78 is 22.8. The molecule has 0 aliphatic carbocycles. The first-order valence-corrected chi connectivity index (χ1v) is 36.1. The van der Waals surface area contributed by atoms with Crippen molar-refractivity contribution < 1.29 is 42.9 Å². The van der Waals surface area contributed by atoms with Crippen LogP contribution >= 0.6 is 0 Å². The quantitative estimate of drug-likeness (QED) is 0.0195. The molecule has 2 atom stereocenters. The third-order valence-electron chi connectivity index (χ3n) is 16.4.